The van der Waals surface area contributed by atoms with Crippen LogP contribution >= 0.6 is 0 Å². The molecule has 0 aliphatic carbocycles. The Morgan fingerprint density at radius 2 is 2.10 bits per heavy atom. The number of likely N-dealkylation sites (tertiary alicyclic amines) is 1. The summed E-state index contributed by atoms with van der Waals surface area (Å²) in [5, 5.41) is 10.4. The smallest absolute Gasteiger partial charge is 0.348 e. The van der Waals surface area contributed by atoms with Crippen molar-refractivity contribution in [3.05, 3.63) is 27.8 Å². The highest BCUT2D eigenvalue weighted by Crippen LogP contribution is 2.28. The first-order chi connectivity index (χ1) is 9.49. The molecule has 0 aromatic carbocycles. The molecule has 3 rings (SSSR count). The number of likely N-dealkylation sites (N-methyl/N-ethyl adjacent to an activating group) is 1. The highest BCUT2D eigenvalue weighted by Gasteiger charge is 2.33. The zero-order chi connectivity index (χ0) is 14.4. The third kappa shape index (κ3) is 1.75. The molecule has 1 saturated heterocycles. The number of aryl methyl sites for hydroxylation is 2. The standard InChI is InChI=1S/C12H15N5O3/c1-6-10(7(2)20-15-6)17-11(13-14-12(17)19)8-4-9(18)16(3)5-8/h8H,4-5H2,1-3H3,(H,14,19)/t8-/m1/s1. The lowest BCUT2D eigenvalue weighted by molar-refractivity contribution is -0.126. The Morgan fingerprint density at radius 3 is 2.65 bits per heavy atom. The predicted molar refractivity (Wildman–Crippen MR) is 68.7 cm³/mol. The summed E-state index contributed by atoms with van der Waals surface area (Å²) in [6.07, 6.45) is 0.351. The maximum atomic E-state index is 12.0. The average molecular weight is 277 g/mol. The molecule has 0 radical (unpaired) electrons. The van der Waals surface area contributed by atoms with E-state index in [0.29, 0.717) is 35.9 Å². The molecule has 3 heterocycles. The second kappa shape index (κ2) is 4.32. The predicted octanol–water partition coefficient (Wildman–Crippen LogP) is 0.111. The van der Waals surface area contributed by atoms with Crippen LogP contribution in [-0.2, 0) is 4.79 Å². The number of rotatable bonds is 2. The summed E-state index contributed by atoms with van der Waals surface area (Å²) in [4.78, 5) is 25.3. The topological polar surface area (TPSA) is 97.0 Å². The van der Waals surface area contributed by atoms with Crippen LogP contribution in [0.1, 0.15) is 29.6 Å². The van der Waals surface area contributed by atoms with Crippen LogP contribution in [-0.4, -0.2) is 44.3 Å². The molecule has 106 valence electrons. The molecular weight excluding hydrogens is 262 g/mol. The maximum absolute atomic E-state index is 12.0. The fourth-order valence-electron chi connectivity index (χ4n) is 2.63. The quantitative estimate of drug-likeness (QED) is 0.840. The summed E-state index contributed by atoms with van der Waals surface area (Å²) in [6.45, 7) is 4.05. The number of aromatic amines is 1. The molecule has 2 aromatic heterocycles. The molecule has 1 N–H and O–H groups in total. The molecule has 0 spiro atoms. The fourth-order valence-corrected chi connectivity index (χ4v) is 2.63. The second-order valence-corrected chi connectivity index (χ2v) is 5.07. The van der Waals surface area contributed by atoms with E-state index in [1.165, 1.54) is 4.57 Å². The van der Waals surface area contributed by atoms with Crippen molar-refractivity contribution >= 4 is 5.91 Å². The second-order valence-electron chi connectivity index (χ2n) is 5.07. The average Bonchev–Trinajstić information content (AvgIpc) is 3.01. The van der Waals surface area contributed by atoms with E-state index in [2.05, 4.69) is 15.4 Å². The zero-order valence-corrected chi connectivity index (χ0v) is 11.5. The maximum Gasteiger partial charge on any atom is 0.348 e. The minimum atomic E-state index is -0.351. The van der Waals surface area contributed by atoms with Crippen molar-refractivity contribution in [2.24, 2.45) is 0 Å². The Hall–Kier alpha value is -2.38. The van der Waals surface area contributed by atoms with Gasteiger partial charge in [-0.3, -0.25) is 4.79 Å². The van der Waals surface area contributed by atoms with Crippen LogP contribution in [0.15, 0.2) is 9.32 Å². The number of amides is 1. The number of nitrogens with one attached hydrogen (secondary N) is 1. The molecule has 1 aliphatic heterocycles. The first-order valence-electron chi connectivity index (χ1n) is 6.33. The van der Waals surface area contributed by atoms with Gasteiger partial charge in [-0.05, 0) is 13.8 Å². The number of H-pyrrole nitrogens is 1. The van der Waals surface area contributed by atoms with Gasteiger partial charge >= 0.3 is 5.69 Å². The van der Waals surface area contributed by atoms with E-state index in [4.69, 9.17) is 4.52 Å². The van der Waals surface area contributed by atoms with E-state index in [9.17, 15) is 9.59 Å². The normalized spacial score (nSPS) is 19.1. The van der Waals surface area contributed by atoms with Crippen molar-refractivity contribution < 1.29 is 9.32 Å². The van der Waals surface area contributed by atoms with Crippen molar-refractivity contribution in [1.82, 2.24) is 24.8 Å². The Morgan fingerprint density at radius 1 is 1.35 bits per heavy atom. The van der Waals surface area contributed by atoms with E-state index in [0.717, 1.165) is 0 Å². The zero-order valence-electron chi connectivity index (χ0n) is 11.5. The molecule has 0 bridgehead atoms. The Kier molecular flexibility index (Phi) is 2.73. The number of carbonyl (C=O) groups excluding carboxylic acids is 1. The third-order valence-electron chi connectivity index (χ3n) is 3.62. The molecule has 2 aromatic rings. The van der Waals surface area contributed by atoms with Gasteiger partial charge in [0, 0.05) is 25.9 Å². The summed E-state index contributed by atoms with van der Waals surface area (Å²) in [7, 11) is 1.74. The molecule has 1 aliphatic rings. The molecule has 1 atom stereocenters. The summed E-state index contributed by atoms with van der Waals surface area (Å²) in [6, 6.07) is 0. The number of nitrogens with zero attached hydrogens (tertiary/aromatic N) is 4. The molecular formula is C12H15N5O3. The Balaban J connectivity index is 2.12. The van der Waals surface area contributed by atoms with Crippen LogP contribution in [0, 0.1) is 13.8 Å². The Bertz CT molecular complexity index is 706. The molecule has 0 saturated carbocycles. The van der Waals surface area contributed by atoms with Crippen LogP contribution in [0.5, 0.6) is 0 Å². The monoisotopic (exact) mass is 277 g/mol. The van der Waals surface area contributed by atoms with Crippen LogP contribution in [0.25, 0.3) is 5.69 Å². The molecule has 8 heteroatoms. The van der Waals surface area contributed by atoms with Gasteiger partial charge in [-0.25, -0.2) is 14.5 Å². The summed E-state index contributed by atoms with van der Waals surface area (Å²) in [5.41, 5.74) is 0.863. The van der Waals surface area contributed by atoms with E-state index >= 15 is 0 Å². The number of carbonyl (C=O) groups is 1. The summed E-state index contributed by atoms with van der Waals surface area (Å²) < 4.78 is 6.56. The van der Waals surface area contributed by atoms with Gasteiger partial charge in [-0.1, -0.05) is 5.16 Å². The lowest BCUT2D eigenvalue weighted by Crippen LogP contribution is -2.21. The first kappa shape index (κ1) is 12.6. The van der Waals surface area contributed by atoms with Gasteiger partial charge in [0.05, 0.1) is 0 Å². The van der Waals surface area contributed by atoms with Crippen LogP contribution in [0.3, 0.4) is 0 Å². The van der Waals surface area contributed by atoms with Gasteiger partial charge in [0.15, 0.2) is 5.76 Å². The van der Waals surface area contributed by atoms with Crippen molar-refractivity contribution in [2.45, 2.75) is 26.2 Å². The summed E-state index contributed by atoms with van der Waals surface area (Å²) >= 11 is 0. The summed E-state index contributed by atoms with van der Waals surface area (Å²) in [5.74, 6) is 1.03. The minimum Gasteiger partial charge on any atom is -0.359 e. The molecule has 0 unspecified atom stereocenters. The highest BCUT2D eigenvalue weighted by molar-refractivity contribution is 5.79. The van der Waals surface area contributed by atoms with Crippen LogP contribution in [0.4, 0.5) is 0 Å². The van der Waals surface area contributed by atoms with Crippen LogP contribution < -0.4 is 5.69 Å². The molecule has 1 amide bonds. The minimum absolute atomic E-state index is 0.0516. The first-order valence-corrected chi connectivity index (χ1v) is 6.33. The fraction of sp³-hybridized carbons (Fsp3) is 0.500. The lowest BCUT2D eigenvalue weighted by atomic mass is 10.1. The third-order valence-corrected chi connectivity index (χ3v) is 3.62. The van der Waals surface area contributed by atoms with Crippen molar-refractivity contribution in [1.29, 1.82) is 0 Å². The number of hydrogen-bond acceptors (Lipinski definition) is 5. The van der Waals surface area contributed by atoms with Crippen molar-refractivity contribution in [3.63, 3.8) is 0 Å². The Labute approximate surface area is 114 Å². The molecule has 8 nitrogen and oxygen atoms in total. The lowest BCUT2D eigenvalue weighted by Gasteiger charge is -2.10. The molecule has 20 heavy (non-hydrogen) atoms. The largest absolute Gasteiger partial charge is 0.359 e. The van der Waals surface area contributed by atoms with E-state index in [-0.39, 0.29) is 17.5 Å². The molecule has 1 fully saturated rings. The van der Waals surface area contributed by atoms with Gasteiger partial charge in [0.2, 0.25) is 5.91 Å². The van der Waals surface area contributed by atoms with Gasteiger partial charge in [0.1, 0.15) is 17.2 Å². The van der Waals surface area contributed by atoms with Crippen molar-refractivity contribution in [2.75, 3.05) is 13.6 Å². The number of aromatic nitrogens is 4. The van der Waals surface area contributed by atoms with Gasteiger partial charge in [-0.2, -0.15) is 5.10 Å². The van der Waals surface area contributed by atoms with Crippen molar-refractivity contribution in [3.8, 4) is 5.69 Å². The number of hydrogen-bond donors (Lipinski definition) is 1. The van der Waals surface area contributed by atoms with Gasteiger partial charge in [0.25, 0.3) is 0 Å². The highest BCUT2D eigenvalue weighted by atomic mass is 16.5. The van der Waals surface area contributed by atoms with Crippen LogP contribution in [0.2, 0.25) is 0 Å². The van der Waals surface area contributed by atoms with E-state index in [1.54, 1.807) is 25.8 Å². The van der Waals surface area contributed by atoms with E-state index in [1.807, 2.05) is 0 Å². The van der Waals surface area contributed by atoms with Gasteiger partial charge < -0.3 is 9.42 Å². The van der Waals surface area contributed by atoms with Gasteiger partial charge in [-0.15, -0.1) is 0 Å². The SMILES string of the molecule is Cc1noc(C)c1-n1c([C@@H]2CC(=O)N(C)C2)n[nH]c1=O. The van der Waals surface area contributed by atoms with E-state index < -0.39 is 0 Å².